The molecular weight excluding hydrogens is 374 g/mol. The van der Waals surface area contributed by atoms with Gasteiger partial charge in [-0.1, -0.05) is 60.7 Å². The molecule has 30 heavy (non-hydrogen) atoms. The van der Waals surface area contributed by atoms with Gasteiger partial charge >= 0.3 is 0 Å². The summed E-state index contributed by atoms with van der Waals surface area (Å²) in [5, 5.41) is 10.5. The molecule has 0 aliphatic carbocycles. The second-order valence-electron chi connectivity index (χ2n) is 7.84. The van der Waals surface area contributed by atoms with Crippen molar-refractivity contribution < 1.29 is 9.90 Å². The number of aromatic nitrogens is 1. The number of hydrogen-bond acceptors (Lipinski definition) is 3. The Kier molecular flexibility index (Phi) is 6.62. The molecule has 0 spiro atoms. The highest BCUT2D eigenvalue weighted by Gasteiger charge is 2.25. The number of aliphatic hydroxyl groups is 1. The van der Waals surface area contributed by atoms with Crippen LogP contribution in [0.1, 0.15) is 27.7 Å². The summed E-state index contributed by atoms with van der Waals surface area (Å²) < 4.78 is 2.06. The number of piperazine rings is 1. The summed E-state index contributed by atoms with van der Waals surface area (Å²) in [6.45, 7) is 4.32. The Morgan fingerprint density at radius 3 is 2.23 bits per heavy atom. The Morgan fingerprint density at radius 1 is 0.867 bits per heavy atom. The maximum absolute atomic E-state index is 13.1. The minimum Gasteiger partial charge on any atom is -0.387 e. The first kappa shape index (κ1) is 20.4. The molecule has 1 amide bonds. The van der Waals surface area contributed by atoms with E-state index in [-0.39, 0.29) is 5.91 Å². The van der Waals surface area contributed by atoms with E-state index in [0.29, 0.717) is 19.6 Å². The molecule has 0 radical (unpaired) electrons. The van der Waals surface area contributed by atoms with Crippen molar-refractivity contribution in [3.63, 3.8) is 0 Å². The van der Waals surface area contributed by atoms with E-state index in [1.54, 1.807) is 0 Å². The number of carbonyl (C=O) groups excluding carboxylic acids is 1. The number of aliphatic hydroxyl groups excluding tert-OH is 1. The van der Waals surface area contributed by atoms with E-state index in [1.165, 1.54) is 5.56 Å². The highest BCUT2D eigenvalue weighted by Crippen LogP contribution is 2.16. The zero-order valence-electron chi connectivity index (χ0n) is 17.2. The Bertz CT molecular complexity index is 931. The van der Waals surface area contributed by atoms with Gasteiger partial charge in [-0.25, -0.2) is 0 Å². The molecule has 4 rings (SSSR count). The summed E-state index contributed by atoms with van der Waals surface area (Å²) in [7, 11) is 0. The Morgan fingerprint density at radius 2 is 1.53 bits per heavy atom. The molecular formula is C25H29N3O2. The van der Waals surface area contributed by atoms with Crippen LogP contribution >= 0.6 is 0 Å². The van der Waals surface area contributed by atoms with E-state index in [1.807, 2.05) is 71.8 Å². The van der Waals surface area contributed by atoms with Crippen LogP contribution in [0.2, 0.25) is 0 Å². The average molecular weight is 404 g/mol. The van der Waals surface area contributed by atoms with Crippen molar-refractivity contribution in [2.45, 2.75) is 19.1 Å². The minimum atomic E-state index is -0.497. The van der Waals surface area contributed by atoms with E-state index < -0.39 is 6.10 Å². The van der Waals surface area contributed by atoms with Gasteiger partial charge < -0.3 is 14.6 Å². The lowest BCUT2D eigenvalue weighted by Crippen LogP contribution is -2.49. The normalized spacial score (nSPS) is 15.8. The van der Waals surface area contributed by atoms with Crippen LogP contribution in [0.3, 0.4) is 0 Å². The molecule has 0 saturated carbocycles. The van der Waals surface area contributed by atoms with Gasteiger partial charge in [0.05, 0.1) is 6.10 Å². The first-order valence-electron chi connectivity index (χ1n) is 10.6. The predicted octanol–water partition coefficient (Wildman–Crippen LogP) is 3.22. The minimum absolute atomic E-state index is 0.0938. The van der Waals surface area contributed by atoms with Crippen LogP contribution in [0.4, 0.5) is 0 Å². The van der Waals surface area contributed by atoms with Crippen LogP contribution in [0.5, 0.6) is 0 Å². The lowest BCUT2D eigenvalue weighted by molar-refractivity contribution is 0.0519. The molecule has 1 fully saturated rings. The molecule has 1 atom stereocenters. The number of carbonyl (C=O) groups is 1. The van der Waals surface area contributed by atoms with E-state index in [9.17, 15) is 9.90 Å². The molecule has 1 aliphatic rings. The standard InChI is InChI=1S/C25H29N3O2/c29-24(22-10-5-2-6-11-22)20-26-16-18-28(19-17-26)25(30)23-12-7-14-27(23)15-13-21-8-3-1-4-9-21/h1-12,14,24,29H,13,15-20H2. The Hall–Kier alpha value is -2.89. The number of hydrogen-bond donors (Lipinski definition) is 1. The van der Waals surface area contributed by atoms with Gasteiger partial charge in [0.25, 0.3) is 5.91 Å². The number of benzene rings is 2. The second-order valence-corrected chi connectivity index (χ2v) is 7.84. The van der Waals surface area contributed by atoms with Crippen molar-refractivity contribution in [2.75, 3.05) is 32.7 Å². The van der Waals surface area contributed by atoms with Crippen molar-refractivity contribution in [3.05, 3.63) is 95.8 Å². The van der Waals surface area contributed by atoms with Crippen LogP contribution in [-0.2, 0) is 13.0 Å². The van der Waals surface area contributed by atoms with Gasteiger partial charge in [0, 0.05) is 45.5 Å². The quantitative estimate of drug-likeness (QED) is 0.659. The van der Waals surface area contributed by atoms with Gasteiger partial charge in [0.15, 0.2) is 0 Å². The Labute approximate surface area is 178 Å². The summed E-state index contributed by atoms with van der Waals surface area (Å²) in [6.07, 6.45) is 2.40. The summed E-state index contributed by atoms with van der Waals surface area (Å²) in [5.74, 6) is 0.0938. The molecule has 1 saturated heterocycles. The first-order valence-corrected chi connectivity index (χ1v) is 10.6. The van der Waals surface area contributed by atoms with E-state index in [2.05, 4.69) is 21.6 Å². The summed E-state index contributed by atoms with van der Waals surface area (Å²) in [4.78, 5) is 17.2. The average Bonchev–Trinajstić information content (AvgIpc) is 3.27. The molecule has 5 heteroatoms. The molecule has 1 aliphatic heterocycles. The highest BCUT2D eigenvalue weighted by molar-refractivity contribution is 5.92. The maximum Gasteiger partial charge on any atom is 0.270 e. The lowest BCUT2D eigenvalue weighted by atomic mass is 10.1. The first-order chi connectivity index (χ1) is 14.7. The summed E-state index contributed by atoms with van der Waals surface area (Å²) in [6, 6.07) is 24.0. The lowest BCUT2D eigenvalue weighted by Gasteiger charge is -2.35. The monoisotopic (exact) mass is 403 g/mol. The zero-order valence-corrected chi connectivity index (χ0v) is 17.2. The van der Waals surface area contributed by atoms with Crippen LogP contribution in [0.25, 0.3) is 0 Å². The molecule has 5 nitrogen and oxygen atoms in total. The molecule has 2 aromatic carbocycles. The van der Waals surface area contributed by atoms with Crippen molar-refractivity contribution in [3.8, 4) is 0 Å². The fourth-order valence-electron chi connectivity index (χ4n) is 4.02. The third-order valence-electron chi connectivity index (χ3n) is 5.81. The largest absolute Gasteiger partial charge is 0.387 e. The number of aryl methyl sites for hydroxylation is 2. The molecule has 1 aromatic heterocycles. The number of rotatable bonds is 7. The molecule has 2 heterocycles. The van der Waals surface area contributed by atoms with Crippen molar-refractivity contribution in [2.24, 2.45) is 0 Å². The summed E-state index contributed by atoms with van der Waals surface area (Å²) >= 11 is 0. The van der Waals surface area contributed by atoms with Crippen molar-refractivity contribution in [1.82, 2.24) is 14.4 Å². The van der Waals surface area contributed by atoms with Crippen LogP contribution in [0, 0.1) is 0 Å². The molecule has 0 bridgehead atoms. The van der Waals surface area contributed by atoms with Crippen molar-refractivity contribution >= 4 is 5.91 Å². The van der Waals surface area contributed by atoms with Crippen LogP contribution in [-0.4, -0.2) is 58.1 Å². The third kappa shape index (κ3) is 4.99. The third-order valence-corrected chi connectivity index (χ3v) is 5.81. The zero-order chi connectivity index (χ0) is 20.8. The topological polar surface area (TPSA) is 48.7 Å². The van der Waals surface area contributed by atoms with Crippen LogP contribution in [0.15, 0.2) is 79.0 Å². The van der Waals surface area contributed by atoms with E-state index >= 15 is 0 Å². The fourth-order valence-corrected chi connectivity index (χ4v) is 4.02. The molecule has 3 aromatic rings. The number of nitrogens with zero attached hydrogens (tertiary/aromatic N) is 3. The van der Waals surface area contributed by atoms with E-state index in [4.69, 9.17) is 0 Å². The smallest absolute Gasteiger partial charge is 0.270 e. The van der Waals surface area contributed by atoms with Gasteiger partial charge in [0.1, 0.15) is 5.69 Å². The van der Waals surface area contributed by atoms with Gasteiger partial charge in [-0.3, -0.25) is 9.69 Å². The SMILES string of the molecule is O=C(c1cccn1CCc1ccccc1)N1CCN(CC(O)c2ccccc2)CC1. The predicted molar refractivity (Wildman–Crippen MR) is 118 cm³/mol. The molecule has 156 valence electrons. The second kappa shape index (κ2) is 9.74. The maximum atomic E-state index is 13.1. The fraction of sp³-hybridized carbons (Fsp3) is 0.320. The van der Waals surface area contributed by atoms with Crippen LogP contribution < -0.4 is 0 Å². The highest BCUT2D eigenvalue weighted by atomic mass is 16.3. The van der Waals surface area contributed by atoms with Gasteiger partial charge in [-0.2, -0.15) is 0 Å². The van der Waals surface area contributed by atoms with E-state index in [0.717, 1.165) is 37.3 Å². The summed E-state index contributed by atoms with van der Waals surface area (Å²) in [5.41, 5.74) is 2.96. The number of amides is 1. The Balaban J connectivity index is 1.30. The molecule has 1 unspecified atom stereocenters. The molecule has 1 N–H and O–H groups in total. The number of β-amino-alcohol motifs (C(OH)–C–C–N with tert-alkyl or cyclic N) is 1. The van der Waals surface area contributed by atoms with Gasteiger partial charge in [-0.05, 0) is 29.7 Å². The van der Waals surface area contributed by atoms with Gasteiger partial charge in [0.2, 0.25) is 0 Å². The van der Waals surface area contributed by atoms with Crippen molar-refractivity contribution in [1.29, 1.82) is 0 Å². The van der Waals surface area contributed by atoms with Gasteiger partial charge in [-0.15, -0.1) is 0 Å².